The monoisotopic (exact) mass is 459 g/mol. The van der Waals surface area contributed by atoms with Crippen LogP contribution in [-0.2, 0) is 16.4 Å². The van der Waals surface area contributed by atoms with Gasteiger partial charge in [-0.25, -0.2) is 12.7 Å². The summed E-state index contributed by atoms with van der Waals surface area (Å²) in [5.41, 5.74) is 2.93. The molecule has 10 heteroatoms. The molecule has 162 valence electrons. The molecule has 5 rings (SSSR count). The van der Waals surface area contributed by atoms with Crippen molar-refractivity contribution in [3.63, 3.8) is 0 Å². The second kappa shape index (κ2) is 7.89. The van der Waals surface area contributed by atoms with Crippen LogP contribution in [0.2, 0.25) is 5.02 Å². The van der Waals surface area contributed by atoms with E-state index in [1.807, 2.05) is 17.0 Å². The second-order valence-electron chi connectivity index (χ2n) is 8.29. The summed E-state index contributed by atoms with van der Waals surface area (Å²) in [6, 6.07) is 12.6. The molecule has 1 aromatic heterocycles. The molecule has 0 saturated carbocycles. The zero-order chi connectivity index (χ0) is 21.6. The fourth-order valence-electron chi connectivity index (χ4n) is 4.57. The van der Waals surface area contributed by atoms with E-state index < -0.39 is 10.0 Å². The van der Waals surface area contributed by atoms with Gasteiger partial charge in [0.1, 0.15) is 5.52 Å². The highest BCUT2D eigenvalue weighted by Crippen LogP contribution is 2.33. The van der Waals surface area contributed by atoms with E-state index in [2.05, 4.69) is 15.4 Å². The number of nitrogens with zero attached hydrogens (tertiary/aromatic N) is 4. The number of aromatic nitrogens is 3. The molecule has 3 heterocycles. The zero-order valence-corrected chi connectivity index (χ0v) is 18.3. The van der Waals surface area contributed by atoms with E-state index in [0.29, 0.717) is 48.7 Å². The molecule has 2 saturated heterocycles. The maximum absolute atomic E-state index is 12.9. The molecular weight excluding hydrogens is 438 g/mol. The zero-order valence-electron chi connectivity index (χ0n) is 16.7. The van der Waals surface area contributed by atoms with Crippen LogP contribution < -0.4 is 0 Å². The van der Waals surface area contributed by atoms with E-state index in [9.17, 15) is 13.2 Å². The number of benzene rings is 2. The normalized spacial score (nSPS) is 21.6. The number of carbonyl (C=O) groups is 1. The number of halogens is 1. The van der Waals surface area contributed by atoms with Gasteiger partial charge < -0.3 is 4.90 Å². The van der Waals surface area contributed by atoms with E-state index in [4.69, 9.17) is 11.6 Å². The summed E-state index contributed by atoms with van der Waals surface area (Å²) in [7, 11) is -3.35. The lowest BCUT2D eigenvalue weighted by Gasteiger charge is -2.21. The Balaban J connectivity index is 1.20. The fourth-order valence-corrected chi connectivity index (χ4v) is 6.37. The van der Waals surface area contributed by atoms with Crippen molar-refractivity contribution in [3.8, 4) is 0 Å². The van der Waals surface area contributed by atoms with Gasteiger partial charge in [0.15, 0.2) is 0 Å². The Labute approximate surface area is 185 Å². The van der Waals surface area contributed by atoms with Gasteiger partial charge in [-0.05, 0) is 54.2 Å². The third kappa shape index (κ3) is 4.05. The Morgan fingerprint density at radius 1 is 1.10 bits per heavy atom. The molecule has 8 nitrogen and oxygen atoms in total. The molecule has 31 heavy (non-hydrogen) atoms. The molecule has 1 amide bonds. The Morgan fingerprint density at radius 2 is 1.87 bits per heavy atom. The number of rotatable bonds is 5. The predicted molar refractivity (Wildman–Crippen MR) is 117 cm³/mol. The molecule has 0 aliphatic carbocycles. The standard InChI is InChI=1S/C21H22ClN5O3S/c22-18-3-1-2-14(8-18)6-7-31(29,30)27-12-16-10-26(11-17(16)13-27)21(28)15-4-5-19-20(9-15)24-25-23-19/h1-5,8-9,16-17H,6-7,10-13H2,(H,23,24,25)/t16-,17+. The van der Waals surface area contributed by atoms with Gasteiger partial charge in [0.2, 0.25) is 10.0 Å². The molecule has 0 unspecified atom stereocenters. The van der Waals surface area contributed by atoms with Crippen LogP contribution in [0.5, 0.6) is 0 Å². The Kier molecular flexibility index (Phi) is 5.19. The van der Waals surface area contributed by atoms with Crippen molar-refractivity contribution < 1.29 is 13.2 Å². The largest absolute Gasteiger partial charge is 0.338 e. The first-order chi connectivity index (χ1) is 14.9. The van der Waals surface area contributed by atoms with Crippen molar-refractivity contribution in [3.05, 3.63) is 58.6 Å². The SMILES string of the molecule is O=C(c1ccc2[nH]nnc2c1)N1C[C@@H]2CN(S(=O)(=O)CCc3cccc(Cl)c3)C[C@@H]2C1. The summed E-state index contributed by atoms with van der Waals surface area (Å²) in [4.78, 5) is 14.8. The van der Waals surface area contributed by atoms with Crippen LogP contribution in [0.25, 0.3) is 11.0 Å². The number of carbonyl (C=O) groups excluding carboxylic acids is 1. The maximum atomic E-state index is 12.9. The van der Waals surface area contributed by atoms with Gasteiger partial charge in [0.05, 0.1) is 11.3 Å². The predicted octanol–water partition coefficient (Wildman–Crippen LogP) is 2.19. The minimum atomic E-state index is -3.35. The number of hydrogen-bond donors (Lipinski definition) is 1. The minimum absolute atomic E-state index is 0.0466. The molecule has 2 aromatic carbocycles. The van der Waals surface area contributed by atoms with Crippen molar-refractivity contribution >= 4 is 38.6 Å². The molecule has 0 bridgehead atoms. The van der Waals surface area contributed by atoms with Crippen LogP contribution >= 0.6 is 11.6 Å². The van der Waals surface area contributed by atoms with Gasteiger partial charge in [0.25, 0.3) is 5.91 Å². The van der Waals surface area contributed by atoms with Gasteiger partial charge in [-0.1, -0.05) is 28.9 Å². The average molecular weight is 460 g/mol. The lowest BCUT2D eigenvalue weighted by atomic mass is 10.0. The summed E-state index contributed by atoms with van der Waals surface area (Å²) < 4.78 is 27.3. The Morgan fingerprint density at radius 3 is 2.61 bits per heavy atom. The molecule has 3 aromatic rings. The molecule has 0 spiro atoms. The summed E-state index contributed by atoms with van der Waals surface area (Å²) in [5, 5.41) is 11.1. The number of aryl methyl sites for hydroxylation is 1. The maximum Gasteiger partial charge on any atom is 0.253 e. The van der Waals surface area contributed by atoms with Crippen LogP contribution in [0.15, 0.2) is 42.5 Å². The Bertz CT molecular complexity index is 1230. The first-order valence-corrected chi connectivity index (χ1v) is 12.2. The van der Waals surface area contributed by atoms with Gasteiger partial charge in [-0.15, -0.1) is 5.10 Å². The van der Waals surface area contributed by atoms with Crippen LogP contribution in [0, 0.1) is 11.8 Å². The lowest BCUT2D eigenvalue weighted by molar-refractivity contribution is 0.0779. The van der Waals surface area contributed by atoms with E-state index in [-0.39, 0.29) is 23.5 Å². The van der Waals surface area contributed by atoms with E-state index in [0.717, 1.165) is 11.1 Å². The van der Waals surface area contributed by atoms with Gasteiger partial charge in [-0.3, -0.25) is 9.89 Å². The van der Waals surface area contributed by atoms with Crippen LogP contribution in [0.3, 0.4) is 0 Å². The molecule has 1 N–H and O–H groups in total. The summed E-state index contributed by atoms with van der Waals surface area (Å²) >= 11 is 5.99. The highest BCUT2D eigenvalue weighted by Gasteiger charge is 2.45. The van der Waals surface area contributed by atoms with Crippen molar-refractivity contribution in [2.24, 2.45) is 11.8 Å². The highest BCUT2D eigenvalue weighted by atomic mass is 35.5. The van der Waals surface area contributed by atoms with Crippen LogP contribution in [0.1, 0.15) is 15.9 Å². The molecular formula is C21H22ClN5O3S. The van der Waals surface area contributed by atoms with E-state index in [1.54, 1.807) is 34.6 Å². The second-order valence-corrected chi connectivity index (χ2v) is 10.8. The number of sulfonamides is 1. The first kappa shape index (κ1) is 20.4. The molecule has 2 aliphatic heterocycles. The molecule has 2 aliphatic rings. The number of likely N-dealkylation sites (tertiary alicyclic amines) is 1. The molecule has 0 radical (unpaired) electrons. The lowest BCUT2D eigenvalue weighted by Crippen LogP contribution is -2.36. The number of H-pyrrole nitrogens is 1. The van der Waals surface area contributed by atoms with Crippen LogP contribution in [-0.4, -0.2) is 70.9 Å². The van der Waals surface area contributed by atoms with Crippen molar-refractivity contribution in [1.82, 2.24) is 24.6 Å². The smallest absolute Gasteiger partial charge is 0.253 e. The number of nitrogens with one attached hydrogen (secondary N) is 1. The van der Waals surface area contributed by atoms with E-state index in [1.165, 1.54) is 0 Å². The minimum Gasteiger partial charge on any atom is -0.338 e. The number of aromatic amines is 1. The molecule has 2 fully saturated rings. The van der Waals surface area contributed by atoms with E-state index >= 15 is 0 Å². The van der Waals surface area contributed by atoms with Gasteiger partial charge in [-0.2, -0.15) is 0 Å². The van der Waals surface area contributed by atoms with Gasteiger partial charge >= 0.3 is 0 Å². The molecule has 2 atom stereocenters. The first-order valence-electron chi connectivity index (χ1n) is 10.2. The highest BCUT2D eigenvalue weighted by molar-refractivity contribution is 7.89. The third-order valence-corrected chi connectivity index (χ3v) is 8.28. The van der Waals surface area contributed by atoms with Crippen molar-refractivity contribution in [1.29, 1.82) is 0 Å². The van der Waals surface area contributed by atoms with Crippen LogP contribution in [0.4, 0.5) is 0 Å². The summed E-state index contributed by atoms with van der Waals surface area (Å²) in [5.74, 6) is 0.351. The summed E-state index contributed by atoms with van der Waals surface area (Å²) in [6.07, 6.45) is 0.434. The third-order valence-electron chi connectivity index (χ3n) is 6.24. The average Bonchev–Trinajstić information content (AvgIpc) is 3.46. The summed E-state index contributed by atoms with van der Waals surface area (Å²) in [6.45, 7) is 2.07. The van der Waals surface area contributed by atoms with Crippen molar-refractivity contribution in [2.45, 2.75) is 6.42 Å². The number of fused-ring (bicyclic) bond motifs is 2. The number of hydrogen-bond acceptors (Lipinski definition) is 5. The topological polar surface area (TPSA) is 99.3 Å². The van der Waals surface area contributed by atoms with Gasteiger partial charge in [0, 0.05) is 36.8 Å². The Hall–Kier alpha value is -2.49. The number of amides is 1. The van der Waals surface area contributed by atoms with Crippen molar-refractivity contribution in [2.75, 3.05) is 31.9 Å². The fraction of sp³-hybridized carbons (Fsp3) is 0.381. The quantitative estimate of drug-likeness (QED) is 0.630.